The molecule has 1 unspecified atom stereocenters. The van der Waals surface area contributed by atoms with Gasteiger partial charge < -0.3 is 19.3 Å². The molecular weight excluding hydrogens is 363 g/mol. The number of hydrogen-bond acceptors (Lipinski definition) is 5. The number of carbonyl (C=O) groups excluding carboxylic acids is 1. The molecule has 0 spiro atoms. The highest BCUT2D eigenvalue weighted by Gasteiger charge is 2.17. The molecule has 26 heavy (non-hydrogen) atoms. The average molecular weight is 383 g/mol. The van der Waals surface area contributed by atoms with Crippen LogP contribution in [-0.2, 0) is 33.9 Å². The highest BCUT2D eigenvalue weighted by molar-refractivity contribution is 6.30. The van der Waals surface area contributed by atoms with Gasteiger partial charge in [-0.2, -0.15) is 0 Å². The minimum absolute atomic E-state index is 0.105. The van der Waals surface area contributed by atoms with Gasteiger partial charge in [-0.15, -0.1) is 0 Å². The summed E-state index contributed by atoms with van der Waals surface area (Å²) in [7, 11) is 0. The lowest BCUT2D eigenvalue weighted by molar-refractivity contribution is -0.120. The Kier molecular flexibility index (Phi) is 6.60. The Balaban J connectivity index is 1.40. The fraction of sp³-hybridized carbons (Fsp3) is 0.444. The molecule has 0 aliphatic carbocycles. The van der Waals surface area contributed by atoms with Gasteiger partial charge in [0.05, 0.1) is 25.3 Å². The second-order valence-corrected chi connectivity index (χ2v) is 6.70. The maximum atomic E-state index is 13.3. The van der Waals surface area contributed by atoms with Crippen LogP contribution in [0.15, 0.2) is 28.8 Å². The van der Waals surface area contributed by atoms with Crippen LogP contribution in [0, 0.1) is 11.7 Å². The molecule has 0 bridgehead atoms. The molecule has 1 aromatic heterocycles. The summed E-state index contributed by atoms with van der Waals surface area (Å²) < 4.78 is 29.2. The van der Waals surface area contributed by atoms with E-state index in [-0.39, 0.29) is 25.5 Å². The Morgan fingerprint density at radius 3 is 3.00 bits per heavy atom. The van der Waals surface area contributed by atoms with Gasteiger partial charge in [0.2, 0.25) is 5.91 Å². The molecule has 1 aliphatic heterocycles. The van der Waals surface area contributed by atoms with Gasteiger partial charge in [0.1, 0.15) is 12.4 Å². The highest BCUT2D eigenvalue weighted by Crippen LogP contribution is 2.16. The van der Waals surface area contributed by atoms with Crippen LogP contribution in [0.25, 0.3) is 0 Å². The van der Waals surface area contributed by atoms with E-state index in [9.17, 15) is 9.18 Å². The molecule has 1 saturated heterocycles. The lowest BCUT2D eigenvalue weighted by Gasteiger charge is -2.08. The summed E-state index contributed by atoms with van der Waals surface area (Å²) in [5.74, 6) is 0.372. The molecule has 1 atom stereocenters. The minimum Gasteiger partial charge on any atom is -0.381 e. The summed E-state index contributed by atoms with van der Waals surface area (Å²) in [5, 5.41) is 7.07. The lowest BCUT2D eigenvalue weighted by Crippen LogP contribution is -2.30. The van der Waals surface area contributed by atoms with E-state index in [1.807, 2.05) is 0 Å². The molecule has 2 heterocycles. The highest BCUT2D eigenvalue weighted by atomic mass is 35.5. The quantitative estimate of drug-likeness (QED) is 0.760. The molecule has 1 fully saturated rings. The number of aromatic nitrogens is 1. The first-order valence-corrected chi connectivity index (χ1v) is 8.78. The molecule has 3 rings (SSSR count). The predicted octanol–water partition coefficient (Wildman–Crippen LogP) is 2.88. The second-order valence-electron chi connectivity index (χ2n) is 6.27. The zero-order valence-corrected chi connectivity index (χ0v) is 14.9. The van der Waals surface area contributed by atoms with E-state index in [0.29, 0.717) is 41.1 Å². The van der Waals surface area contributed by atoms with Gasteiger partial charge in [-0.25, -0.2) is 4.39 Å². The van der Waals surface area contributed by atoms with Crippen molar-refractivity contribution >= 4 is 17.5 Å². The molecule has 1 aromatic carbocycles. The van der Waals surface area contributed by atoms with Gasteiger partial charge >= 0.3 is 0 Å². The first-order chi connectivity index (χ1) is 12.6. The fourth-order valence-corrected chi connectivity index (χ4v) is 2.94. The van der Waals surface area contributed by atoms with Gasteiger partial charge in [-0.1, -0.05) is 16.8 Å². The molecule has 1 N–H and O–H groups in total. The third-order valence-electron chi connectivity index (χ3n) is 4.00. The predicted molar refractivity (Wildman–Crippen MR) is 92.0 cm³/mol. The van der Waals surface area contributed by atoms with Crippen molar-refractivity contribution in [1.29, 1.82) is 0 Å². The Morgan fingerprint density at radius 1 is 1.35 bits per heavy atom. The van der Waals surface area contributed by atoms with Crippen molar-refractivity contribution in [1.82, 2.24) is 10.5 Å². The summed E-state index contributed by atoms with van der Waals surface area (Å²) >= 11 is 5.80. The van der Waals surface area contributed by atoms with Crippen molar-refractivity contribution in [3.05, 3.63) is 52.1 Å². The Hall–Kier alpha value is -1.96. The van der Waals surface area contributed by atoms with Crippen molar-refractivity contribution in [2.45, 2.75) is 26.1 Å². The number of amides is 1. The van der Waals surface area contributed by atoms with E-state index >= 15 is 0 Å². The molecule has 8 heteroatoms. The number of rotatable bonds is 8. The van der Waals surface area contributed by atoms with Gasteiger partial charge in [0, 0.05) is 30.2 Å². The van der Waals surface area contributed by atoms with Crippen LogP contribution >= 0.6 is 11.6 Å². The lowest BCUT2D eigenvalue weighted by atomic mass is 10.1. The molecule has 2 aromatic rings. The zero-order valence-electron chi connectivity index (χ0n) is 14.2. The summed E-state index contributed by atoms with van der Waals surface area (Å²) in [6.45, 7) is 2.43. The van der Waals surface area contributed by atoms with Crippen molar-refractivity contribution < 1.29 is 23.2 Å². The molecule has 0 radical (unpaired) electrons. The SMILES string of the molecule is O=C(Cc1cc(COCc2cc(F)cc(Cl)c2)on1)NCC1CCOC1. The minimum atomic E-state index is -0.409. The molecule has 1 aliphatic rings. The third-order valence-corrected chi connectivity index (χ3v) is 4.21. The van der Waals surface area contributed by atoms with E-state index in [1.165, 1.54) is 12.1 Å². The van der Waals surface area contributed by atoms with Gasteiger partial charge in [0.15, 0.2) is 5.76 Å². The molecular formula is C18H20ClFN2O4. The number of benzene rings is 1. The number of nitrogens with one attached hydrogen (secondary N) is 1. The Morgan fingerprint density at radius 2 is 2.23 bits per heavy atom. The number of ether oxygens (including phenoxy) is 2. The smallest absolute Gasteiger partial charge is 0.226 e. The first-order valence-electron chi connectivity index (χ1n) is 8.40. The largest absolute Gasteiger partial charge is 0.381 e. The topological polar surface area (TPSA) is 73.6 Å². The summed E-state index contributed by atoms with van der Waals surface area (Å²) in [5.41, 5.74) is 1.17. The maximum absolute atomic E-state index is 13.3. The van der Waals surface area contributed by atoms with E-state index in [1.54, 1.807) is 12.1 Å². The van der Waals surface area contributed by atoms with Crippen LogP contribution in [0.5, 0.6) is 0 Å². The van der Waals surface area contributed by atoms with Crippen molar-refractivity contribution in [3.63, 3.8) is 0 Å². The monoisotopic (exact) mass is 382 g/mol. The standard InChI is InChI=1S/C18H20ClFN2O4/c19-14-3-13(4-15(20)5-14)10-25-11-17-6-16(22-26-17)7-18(23)21-8-12-1-2-24-9-12/h3-6,12H,1-2,7-11H2,(H,21,23). The number of halogens is 2. The fourth-order valence-electron chi connectivity index (χ4n) is 2.70. The van der Waals surface area contributed by atoms with Crippen LogP contribution in [0.3, 0.4) is 0 Å². The van der Waals surface area contributed by atoms with Crippen LogP contribution in [0.1, 0.15) is 23.4 Å². The maximum Gasteiger partial charge on any atom is 0.226 e. The van der Waals surface area contributed by atoms with E-state index in [4.69, 9.17) is 25.6 Å². The molecule has 140 valence electrons. The third kappa shape index (κ3) is 5.79. The van der Waals surface area contributed by atoms with Gasteiger partial charge in [0.25, 0.3) is 0 Å². The molecule has 0 saturated carbocycles. The van der Waals surface area contributed by atoms with Crippen LogP contribution in [0.2, 0.25) is 5.02 Å². The van der Waals surface area contributed by atoms with E-state index in [2.05, 4.69) is 10.5 Å². The summed E-state index contributed by atoms with van der Waals surface area (Å²) in [6, 6.07) is 5.91. The van der Waals surface area contributed by atoms with Gasteiger partial charge in [-0.05, 0) is 30.2 Å². The van der Waals surface area contributed by atoms with Crippen LogP contribution in [-0.4, -0.2) is 30.8 Å². The number of hydrogen-bond donors (Lipinski definition) is 1. The second kappa shape index (κ2) is 9.12. The van der Waals surface area contributed by atoms with E-state index in [0.717, 1.165) is 13.0 Å². The first kappa shape index (κ1) is 18.8. The Labute approximate surface area is 155 Å². The number of nitrogens with zero attached hydrogens (tertiary/aromatic N) is 1. The summed E-state index contributed by atoms with van der Waals surface area (Å²) in [4.78, 5) is 11.9. The van der Waals surface area contributed by atoms with E-state index < -0.39 is 5.82 Å². The summed E-state index contributed by atoms with van der Waals surface area (Å²) in [6.07, 6.45) is 1.12. The normalized spacial score (nSPS) is 16.8. The Bertz CT molecular complexity index is 726. The molecule has 1 amide bonds. The number of carbonyl (C=O) groups is 1. The zero-order chi connectivity index (χ0) is 18.4. The van der Waals surface area contributed by atoms with Crippen LogP contribution < -0.4 is 5.32 Å². The van der Waals surface area contributed by atoms with Crippen molar-refractivity contribution in [2.75, 3.05) is 19.8 Å². The average Bonchev–Trinajstić information content (AvgIpc) is 3.24. The van der Waals surface area contributed by atoms with Crippen molar-refractivity contribution in [3.8, 4) is 0 Å². The van der Waals surface area contributed by atoms with Crippen molar-refractivity contribution in [2.24, 2.45) is 5.92 Å². The van der Waals surface area contributed by atoms with Gasteiger partial charge in [-0.3, -0.25) is 4.79 Å². The van der Waals surface area contributed by atoms with Crippen LogP contribution in [0.4, 0.5) is 4.39 Å². The molecule has 6 nitrogen and oxygen atoms in total.